The van der Waals surface area contributed by atoms with Crippen LogP contribution in [-0.4, -0.2) is 15.0 Å². The number of alkyl halides is 3. The topological polar surface area (TPSA) is 56.7 Å². The van der Waals surface area contributed by atoms with Gasteiger partial charge in [-0.3, -0.25) is 0 Å². The molecule has 2 N–H and O–H groups in total. The molecule has 0 saturated carbocycles. The molecule has 3 rings (SSSR count). The molecule has 0 radical (unpaired) electrons. The summed E-state index contributed by atoms with van der Waals surface area (Å²) in [4.78, 5) is 0. The van der Waals surface area contributed by atoms with E-state index in [-0.39, 0.29) is 0 Å². The minimum atomic E-state index is -4.41. The predicted octanol–water partition coefficient (Wildman–Crippen LogP) is 4.03. The van der Waals surface area contributed by atoms with Crippen LogP contribution >= 0.6 is 0 Å². The van der Waals surface area contributed by atoms with Crippen molar-refractivity contribution in [1.82, 2.24) is 15.0 Å². The molecule has 1 heterocycles. The Bertz CT molecular complexity index is 839. The lowest BCUT2D eigenvalue weighted by atomic mass is 9.99. The van der Waals surface area contributed by atoms with Gasteiger partial charge in [0.1, 0.15) is 5.52 Å². The number of nitrogens with two attached hydrogens (primary N) is 1. The number of para-hydroxylation sites is 1. The van der Waals surface area contributed by atoms with Crippen molar-refractivity contribution in [3.05, 3.63) is 53.6 Å². The van der Waals surface area contributed by atoms with Gasteiger partial charge in [-0.1, -0.05) is 24.3 Å². The maximum absolute atomic E-state index is 13.0. The van der Waals surface area contributed by atoms with Gasteiger partial charge in [-0.2, -0.15) is 13.2 Å². The van der Waals surface area contributed by atoms with Crippen LogP contribution in [-0.2, 0) is 6.18 Å². The Morgan fingerprint density at radius 1 is 1.17 bits per heavy atom. The standard InChI is InChI=1S/C16H15F3N4/c1-2-14(23-15-6-4-3-5-13(15)21-22-23)11-9-10(16(17,18)19)7-8-12(11)20/h3-9,14H,2,20H2,1H3. The molecule has 0 saturated heterocycles. The summed E-state index contributed by atoms with van der Waals surface area (Å²) in [6.45, 7) is 1.88. The molecule has 7 heteroatoms. The quantitative estimate of drug-likeness (QED) is 0.741. The molecule has 0 aliphatic heterocycles. The maximum Gasteiger partial charge on any atom is 0.416 e. The summed E-state index contributed by atoms with van der Waals surface area (Å²) >= 11 is 0. The fourth-order valence-electron chi connectivity index (χ4n) is 2.68. The second kappa shape index (κ2) is 5.57. The van der Waals surface area contributed by atoms with E-state index in [0.29, 0.717) is 23.2 Å². The molecular formula is C16H15F3N4. The number of benzene rings is 2. The third kappa shape index (κ3) is 2.74. The lowest BCUT2D eigenvalue weighted by Gasteiger charge is -2.20. The van der Waals surface area contributed by atoms with Crippen LogP contribution in [0.4, 0.5) is 18.9 Å². The lowest BCUT2D eigenvalue weighted by Crippen LogP contribution is -2.15. The molecule has 0 aliphatic carbocycles. The zero-order valence-corrected chi connectivity index (χ0v) is 12.4. The first-order chi connectivity index (χ1) is 10.9. The van der Waals surface area contributed by atoms with Crippen molar-refractivity contribution in [1.29, 1.82) is 0 Å². The van der Waals surface area contributed by atoms with Gasteiger partial charge in [0.25, 0.3) is 0 Å². The zero-order chi connectivity index (χ0) is 16.6. The smallest absolute Gasteiger partial charge is 0.398 e. The van der Waals surface area contributed by atoms with Gasteiger partial charge >= 0.3 is 6.18 Å². The first-order valence-electron chi connectivity index (χ1n) is 7.18. The average molecular weight is 320 g/mol. The summed E-state index contributed by atoms with van der Waals surface area (Å²) in [6, 6.07) is 10.3. The molecule has 3 aromatic rings. The molecule has 23 heavy (non-hydrogen) atoms. The third-order valence-corrected chi connectivity index (χ3v) is 3.83. The molecule has 120 valence electrons. The van der Waals surface area contributed by atoms with Gasteiger partial charge in [-0.05, 0) is 36.8 Å². The summed E-state index contributed by atoms with van der Waals surface area (Å²) < 4.78 is 40.6. The van der Waals surface area contributed by atoms with E-state index in [4.69, 9.17) is 5.73 Å². The van der Waals surface area contributed by atoms with E-state index in [9.17, 15) is 13.2 Å². The van der Waals surface area contributed by atoms with Crippen molar-refractivity contribution in [2.45, 2.75) is 25.6 Å². The number of aromatic nitrogens is 3. The van der Waals surface area contributed by atoms with Crippen LogP contribution < -0.4 is 5.73 Å². The van der Waals surface area contributed by atoms with Crippen molar-refractivity contribution in [3.63, 3.8) is 0 Å². The molecule has 1 aromatic heterocycles. The molecule has 0 amide bonds. The van der Waals surface area contributed by atoms with Gasteiger partial charge < -0.3 is 5.73 Å². The van der Waals surface area contributed by atoms with E-state index < -0.39 is 17.8 Å². The maximum atomic E-state index is 13.0. The highest BCUT2D eigenvalue weighted by Gasteiger charge is 2.32. The number of rotatable bonds is 3. The largest absolute Gasteiger partial charge is 0.416 e. The second-order valence-electron chi connectivity index (χ2n) is 5.29. The van der Waals surface area contributed by atoms with Crippen LogP contribution in [0, 0.1) is 0 Å². The number of nitrogen functional groups attached to an aromatic ring is 1. The van der Waals surface area contributed by atoms with Crippen LogP contribution in [0.2, 0.25) is 0 Å². The lowest BCUT2D eigenvalue weighted by molar-refractivity contribution is -0.137. The van der Waals surface area contributed by atoms with Gasteiger partial charge in [0.05, 0.1) is 17.1 Å². The minimum absolute atomic E-state index is 0.310. The minimum Gasteiger partial charge on any atom is -0.398 e. The van der Waals surface area contributed by atoms with Crippen LogP contribution in [0.1, 0.15) is 30.5 Å². The second-order valence-corrected chi connectivity index (χ2v) is 5.29. The first-order valence-corrected chi connectivity index (χ1v) is 7.18. The first kappa shape index (κ1) is 15.3. The normalized spacial score (nSPS) is 13.4. The number of nitrogens with zero attached hydrogens (tertiary/aromatic N) is 3. The Labute approximate surface area is 130 Å². The summed E-state index contributed by atoms with van der Waals surface area (Å²) in [6.07, 6.45) is -3.87. The molecule has 4 nitrogen and oxygen atoms in total. The molecule has 1 atom stereocenters. The Morgan fingerprint density at radius 2 is 1.91 bits per heavy atom. The van der Waals surface area contributed by atoms with E-state index in [2.05, 4.69) is 10.3 Å². The van der Waals surface area contributed by atoms with Crippen molar-refractivity contribution >= 4 is 16.7 Å². The Balaban J connectivity index is 2.15. The predicted molar refractivity (Wildman–Crippen MR) is 81.8 cm³/mol. The number of hydrogen-bond donors (Lipinski definition) is 1. The summed E-state index contributed by atoms with van der Waals surface area (Å²) in [5, 5.41) is 8.17. The fourth-order valence-corrected chi connectivity index (χ4v) is 2.68. The monoisotopic (exact) mass is 320 g/mol. The van der Waals surface area contributed by atoms with E-state index in [1.54, 1.807) is 10.7 Å². The highest BCUT2D eigenvalue weighted by Crippen LogP contribution is 2.35. The zero-order valence-electron chi connectivity index (χ0n) is 12.4. The van der Waals surface area contributed by atoms with Crippen LogP contribution in [0.3, 0.4) is 0 Å². The van der Waals surface area contributed by atoms with Crippen LogP contribution in [0.15, 0.2) is 42.5 Å². The summed E-state index contributed by atoms with van der Waals surface area (Å²) in [7, 11) is 0. The van der Waals surface area contributed by atoms with E-state index in [1.165, 1.54) is 6.07 Å². The van der Waals surface area contributed by atoms with Gasteiger partial charge in [0.2, 0.25) is 0 Å². The molecule has 1 unspecified atom stereocenters. The van der Waals surface area contributed by atoms with Crippen LogP contribution in [0.25, 0.3) is 11.0 Å². The molecule has 0 bridgehead atoms. The van der Waals surface area contributed by atoms with Crippen molar-refractivity contribution < 1.29 is 13.2 Å². The van der Waals surface area contributed by atoms with Crippen molar-refractivity contribution in [2.24, 2.45) is 0 Å². The Morgan fingerprint density at radius 3 is 2.61 bits per heavy atom. The Hall–Kier alpha value is -2.57. The SMILES string of the molecule is CCC(c1cc(C(F)(F)F)ccc1N)n1nnc2ccccc21. The van der Waals surface area contributed by atoms with E-state index in [0.717, 1.165) is 17.6 Å². The van der Waals surface area contributed by atoms with Gasteiger partial charge in [0, 0.05) is 11.3 Å². The van der Waals surface area contributed by atoms with Gasteiger partial charge in [-0.25, -0.2) is 4.68 Å². The highest BCUT2D eigenvalue weighted by atomic mass is 19.4. The average Bonchev–Trinajstić information content (AvgIpc) is 2.93. The van der Waals surface area contributed by atoms with Crippen molar-refractivity contribution in [3.8, 4) is 0 Å². The van der Waals surface area contributed by atoms with Gasteiger partial charge in [0.15, 0.2) is 0 Å². The Kier molecular flexibility index (Phi) is 3.71. The fraction of sp³-hybridized carbons (Fsp3) is 0.250. The molecule has 2 aromatic carbocycles. The number of fused-ring (bicyclic) bond motifs is 1. The van der Waals surface area contributed by atoms with Crippen molar-refractivity contribution in [2.75, 3.05) is 5.73 Å². The number of halogens is 3. The number of hydrogen-bond acceptors (Lipinski definition) is 3. The van der Waals surface area contributed by atoms with Crippen LogP contribution in [0.5, 0.6) is 0 Å². The third-order valence-electron chi connectivity index (χ3n) is 3.83. The van der Waals surface area contributed by atoms with E-state index >= 15 is 0 Å². The molecular weight excluding hydrogens is 305 g/mol. The summed E-state index contributed by atoms with van der Waals surface area (Å²) in [5.74, 6) is 0. The molecule has 0 spiro atoms. The summed E-state index contributed by atoms with van der Waals surface area (Å²) in [5.41, 5.74) is 7.37. The van der Waals surface area contributed by atoms with Gasteiger partial charge in [-0.15, -0.1) is 5.10 Å². The van der Waals surface area contributed by atoms with E-state index in [1.807, 2.05) is 25.1 Å². The highest BCUT2D eigenvalue weighted by molar-refractivity contribution is 5.74. The molecule has 0 fully saturated rings. The number of anilines is 1. The molecule has 0 aliphatic rings.